The van der Waals surface area contributed by atoms with Crippen LogP contribution in [0.2, 0.25) is 0 Å². The molecule has 0 fully saturated rings. The Labute approximate surface area is 146 Å². The Bertz CT molecular complexity index is 773. The van der Waals surface area contributed by atoms with Crippen LogP contribution in [0.25, 0.3) is 15.8 Å². The predicted molar refractivity (Wildman–Crippen MR) is 99.0 cm³/mol. The Kier molecular flexibility index (Phi) is 5.40. The average molecular weight is 362 g/mol. The van der Waals surface area contributed by atoms with E-state index < -0.39 is 6.10 Å². The summed E-state index contributed by atoms with van der Waals surface area (Å²) in [5, 5.41) is 18.9. The monoisotopic (exact) mass is 361 g/mol. The Hall–Kier alpha value is -1.73. The molecule has 23 heavy (non-hydrogen) atoms. The van der Waals surface area contributed by atoms with E-state index in [1.54, 1.807) is 40.1 Å². The Morgan fingerprint density at radius 1 is 1.22 bits per heavy atom. The van der Waals surface area contributed by atoms with Gasteiger partial charge >= 0.3 is 0 Å². The molecule has 118 valence electrons. The molecule has 3 nitrogen and oxygen atoms in total. The van der Waals surface area contributed by atoms with Crippen molar-refractivity contribution in [3.8, 4) is 9.75 Å². The zero-order chi connectivity index (χ0) is 16.1. The lowest BCUT2D eigenvalue weighted by atomic mass is 10.2. The van der Waals surface area contributed by atoms with E-state index in [1.807, 2.05) is 40.4 Å². The van der Waals surface area contributed by atoms with Gasteiger partial charge in [0.2, 0.25) is 5.91 Å². The molecule has 0 aliphatic heterocycles. The van der Waals surface area contributed by atoms with Gasteiger partial charge in [-0.2, -0.15) is 11.3 Å². The molecule has 3 heterocycles. The fraction of sp³-hybridized carbons (Fsp3) is 0.118. The van der Waals surface area contributed by atoms with E-state index in [0.717, 1.165) is 15.3 Å². The molecule has 0 aliphatic carbocycles. The van der Waals surface area contributed by atoms with Crippen molar-refractivity contribution < 1.29 is 9.90 Å². The van der Waals surface area contributed by atoms with Gasteiger partial charge in [0.1, 0.15) is 6.10 Å². The third-order valence-corrected chi connectivity index (χ3v) is 6.11. The molecule has 6 heteroatoms. The van der Waals surface area contributed by atoms with Crippen LogP contribution in [0.1, 0.15) is 16.5 Å². The molecule has 1 unspecified atom stereocenters. The van der Waals surface area contributed by atoms with Gasteiger partial charge in [-0.05, 0) is 52.0 Å². The first-order chi connectivity index (χ1) is 11.2. The summed E-state index contributed by atoms with van der Waals surface area (Å²) in [6, 6.07) is 9.94. The van der Waals surface area contributed by atoms with E-state index in [2.05, 4.69) is 11.4 Å². The Morgan fingerprint density at radius 3 is 2.87 bits per heavy atom. The molecule has 0 saturated heterocycles. The van der Waals surface area contributed by atoms with Crippen LogP contribution in [0.5, 0.6) is 0 Å². The first kappa shape index (κ1) is 16.1. The zero-order valence-electron chi connectivity index (χ0n) is 12.1. The van der Waals surface area contributed by atoms with Crippen LogP contribution in [0.4, 0.5) is 0 Å². The van der Waals surface area contributed by atoms with Crippen molar-refractivity contribution in [3.05, 3.63) is 63.0 Å². The summed E-state index contributed by atoms with van der Waals surface area (Å²) in [6.07, 6.45) is 2.56. The smallest absolute Gasteiger partial charge is 0.244 e. The lowest BCUT2D eigenvalue weighted by Crippen LogP contribution is -2.26. The van der Waals surface area contributed by atoms with Gasteiger partial charge in [0.15, 0.2) is 0 Å². The standard InChI is InChI=1S/C17H15NO2S3/c19-13(10-18-17(20)6-3-12-7-9-21-11-12)14-4-5-16(23-14)15-2-1-8-22-15/h1-9,11,13,19H,10H2,(H,18,20)/b6-3+. The van der Waals surface area contributed by atoms with Crippen molar-refractivity contribution in [3.63, 3.8) is 0 Å². The highest BCUT2D eigenvalue weighted by atomic mass is 32.1. The highest BCUT2D eigenvalue weighted by Gasteiger charge is 2.12. The molecular weight excluding hydrogens is 346 g/mol. The summed E-state index contributed by atoms with van der Waals surface area (Å²) in [5.41, 5.74) is 1.00. The zero-order valence-corrected chi connectivity index (χ0v) is 14.6. The normalized spacial score (nSPS) is 12.6. The molecule has 0 bridgehead atoms. The fourth-order valence-electron chi connectivity index (χ4n) is 1.98. The molecule has 0 radical (unpaired) electrons. The van der Waals surface area contributed by atoms with E-state index in [0.29, 0.717) is 0 Å². The maximum atomic E-state index is 11.8. The third-order valence-electron chi connectivity index (χ3n) is 3.16. The number of hydrogen-bond donors (Lipinski definition) is 2. The molecule has 0 saturated carbocycles. The summed E-state index contributed by atoms with van der Waals surface area (Å²) >= 11 is 4.82. The second kappa shape index (κ2) is 7.70. The van der Waals surface area contributed by atoms with Crippen LogP contribution in [0, 0.1) is 0 Å². The number of hydrogen-bond acceptors (Lipinski definition) is 5. The van der Waals surface area contributed by atoms with E-state index in [9.17, 15) is 9.90 Å². The summed E-state index contributed by atoms with van der Waals surface area (Å²) in [6.45, 7) is 0.206. The minimum Gasteiger partial charge on any atom is -0.386 e. The molecular formula is C17H15NO2S3. The van der Waals surface area contributed by atoms with E-state index in [1.165, 1.54) is 11.0 Å². The molecule has 0 spiro atoms. The SMILES string of the molecule is O=C(/C=C/c1ccsc1)NCC(O)c1ccc(-c2cccs2)s1. The van der Waals surface area contributed by atoms with Crippen molar-refractivity contribution in [2.24, 2.45) is 0 Å². The first-order valence-corrected chi connectivity index (χ1v) is 9.66. The van der Waals surface area contributed by atoms with Crippen LogP contribution in [0.15, 0.2) is 52.5 Å². The number of amides is 1. The number of carbonyl (C=O) groups excluding carboxylic acids is 1. The first-order valence-electron chi connectivity index (χ1n) is 7.02. The van der Waals surface area contributed by atoms with Crippen molar-refractivity contribution in [2.45, 2.75) is 6.10 Å². The minimum absolute atomic E-state index is 0.203. The van der Waals surface area contributed by atoms with Crippen molar-refractivity contribution in [2.75, 3.05) is 6.54 Å². The Morgan fingerprint density at radius 2 is 2.13 bits per heavy atom. The van der Waals surface area contributed by atoms with Crippen LogP contribution in [0.3, 0.4) is 0 Å². The largest absolute Gasteiger partial charge is 0.386 e. The summed E-state index contributed by atoms with van der Waals surface area (Å²) in [4.78, 5) is 15.0. The van der Waals surface area contributed by atoms with Gasteiger partial charge in [-0.25, -0.2) is 0 Å². The molecule has 0 aliphatic rings. The number of carbonyl (C=O) groups is 1. The van der Waals surface area contributed by atoms with Gasteiger partial charge < -0.3 is 10.4 Å². The van der Waals surface area contributed by atoms with E-state index in [-0.39, 0.29) is 12.5 Å². The highest BCUT2D eigenvalue weighted by molar-refractivity contribution is 7.21. The van der Waals surface area contributed by atoms with Crippen molar-refractivity contribution in [1.82, 2.24) is 5.32 Å². The number of thiophene rings is 3. The van der Waals surface area contributed by atoms with Crippen LogP contribution in [-0.2, 0) is 4.79 Å². The number of nitrogens with one attached hydrogen (secondary N) is 1. The lowest BCUT2D eigenvalue weighted by Gasteiger charge is -2.08. The summed E-state index contributed by atoms with van der Waals surface area (Å²) in [7, 11) is 0. The second-order valence-corrected chi connectivity index (χ2v) is 7.67. The highest BCUT2D eigenvalue weighted by Crippen LogP contribution is 2.33. The summed E-state index contributed by atoms with van der Waals surface area (Å²) in [5.74, 6) is -0.203. The van der Waals surface area contributed by atoms with Gasteiger partial charge in [-0.3, -0.25) is 4.79 Å². The number of aliphatic hydroxyl groups is 1. The lowest BCUT2D eigenvalue weighted by molar-refractivity contribution is -0.116. The maximum absolute atomic E-state index is 11.8. The third kappa shape index (κ3) is 4.39. The van der Waals surface area contributed by atoms with Crippen molar-refractivity contribution in [1.29, 1.82) is 0 Å². The molecule has 1 amide bonds. The Balaban J connectivity index is 1.53. The van der Waals surface area contributed by atoms with Crippen LogP contribution >= 0.6 is 34.0 Å². The average Bonchev–Trinajstić information content (AvgIpc) is 3.31. The topological polar surface area (TPSA) is 49.3 Å². The van der Waals surface area contributed by atoms with Gasteiger partial charge in [-0.15, -0.1) is 22.7 Å². The van der Waals surface area contributed by atoms with Crippen LogP contribution in [-0.4, -0.2) is 17.6 Å². The molecule has 0 aromatic carbocycles. The number of aliphatic hydroxyl groups excluding tert-OH is 1. The molecule has 1 atom stereocenters. The van der Waals surface area contributed by atoms with E-state index >= 15 is 0 Å². The second-order valence-electron chi connectivity index (χ2n) is 4.83. The van der Waals surface area contributed by atoms with Gasteiger partial charge in [-0.1, -0.05) is 6.07 Å². The number of rotatable bonds is 6. The maximum Gasteiger partial charge on any atom is 0.244 e. The molecule has 3 aromatic heterocycles. The molecule has 3 aromatic rings. The van der Waals surface area contributed by atoms with Crippen LogP contribution < -0.4 is 5.32 Å². The van der Waals surface area contributed by atoms with Gasteiger partial charge in [0.25, 0.3) is 0 Å². The van der Waals surface area contributed by atoms with Crippen molar-refractivity contribution >= 4 is 46.0 Å². The summed E-state index contributed by atoms with van der Waals surface area (Å²) < 4.78 is 0. The minimum atomic E-state index is -0.688. The molecule has 2 N–H and O–H groups in total. The van der Waals surface area contributed by atoms with Gasteiger partial charge in [0, 0.05) is 27.3 Å². The van der Waals surface area contributed by atoms with E-state index in [4.69, 9.17) is 0 Å². The molecule has 3 rings (SSSR count). The van der Waals surface area contributed by atoms with Gasteiger partial charge in [0.05, 0.1) is 0 Å². The predicted octanol–water partition coefficient (Wildman–Crippen LogP) is 4.40. The fourth-order valence-corrected chi connectivity index (χ4v) is 4.44. The quantitative estimate of drug-likeness (QED) is 0.639.